The summed E-state index contributed by atoms with van der Waals surface area (Å²) in [5.74, 6) is 1.21. The second kappa shape index (κ2) is 5.46. The van der Waals surface area contributed by atoms with Gasteiger partial charge in [-0.05, 0) is 37.8 Å². The van der Waals surface area contributed by atoms with Crippen LogP contribution in [0.5, 0.6) is 0 Å². The van der Waals surface area contributed by atoms with Gasteiger partial charge in [-0.3, -0.25) is 9.69 Å². The molecule has 0 aromatic carbocycles. The standard InChI is InChI=1S/C16H22N2O3/c19-16(17-12-3-4-12)11-8-15-14(5-7-21-15)18(9-11)10-13-2-1-6-20-13/h1-2,6,11-12,14-15H,3-5,7-10H2,(H,17,19)/t11-,14+,15+/m1/s1. The SMILES string of the molecule is O=C(NC1CC1)[C@@H]1C[C@@H]2OCC[C@@H]2N(Cc2ccco2)C1. The van der Waals surface area contributed by atoms with Crippen LogP contribution in [-0.4, -0.2) is 42.1 Å². The molecule has 3 aliphatic rings. The summed E-state index contributed by atoms with van der Waals surface area (Å²) in [5.41, 5.74) is 0. The third-order valence-corrected chi connectivity index (χ3v) is 4.85. The lowest BCUT2D eigenvalue weighted by atomic mass is 9.89. The van der Waals surface area contributed by atoms with Gasteiger partial charge in [0.05, 0.1) is 24.8 Å². The van der Waals surface area contributed by atoms with Crippen molar-refractivity contribution in [2.24, 2.45) is 5.92 Å². The van der Waals surface area contributed by atoms with Crippen LogP contribution in [0, 0.1) is 5.92 Å². The number of fused-ring (bicyclic) bond motifs is 1. The fraction of sp³-hybridized carbons (Fsp3) is 0.688. The monoisotopic (exact) mass is 290 g/mol. The van der Waals surface area contributed by atoms with Crippen LogP contribution in [0.4, 0.5) is 0 Å². The highest BCUT2D eigenvalue weighted by atomic mass is 16.5. The predicted molar refractivity (Wildman–Crippen MR) is 76.5 cm³/mol. The van der Waals surface area contributed by atoms with E-state index in [4.69, 9.17) is 9.15 Å². The van der Waals surface area contributed by atoms with E-state index in [9.17, 15) is 4.79 Å². The predicted octanol–water partition coefficient (Wildman–Crippen LogP) is 1.54. The molecular weight excluding hydrogens is 268 g/mol. The van der Waals surface area contributed by atoms with Crippen LogP contribution in [0.2, 0.25) is 0 Å². The van der Waals surface area contributed by atoms with E-state index in [1.165, 1.54) is 0 Å². The Morgan fingerprint density at radius 3 is 3.05 bits per heavy atom. The van der Waals surface area contributed by atoms with Gasteiger partial charge in [0.25, 0.3) is 0 Å². The Morgan fingerprint density at radius 1 is 1.38 bits per heavy atom. The summed E-state index contributed by atoms with van der Waals surface area (Å²) in [6.07, 6.45) is 6.09. The summed E-state index contributed by atoms with van der Waals surface area (Å²) in [7, 11) is 0. The molecule has 0 spiro atoms. The molecule has 0 bridgehead atoms. The molecule has 1 aromatic heterocycles. The molecular formula is C16H22N2O3. The van der Waals surface area contributed by atoms with E-state index in [0.29, 0.717) is 12.1 Å². The van der Waals surface area contributed by atoms with Gasteiger partial charge in [-0.15, -0.1) is 0 Å². The van der Waals surface area contributed by atoms with Gasteiger partial charge in [-0.25, -0.2) is 0 Å². The van der Waals surface area contributed by atoms with Gasteiger partial charge in [0.2, 0.25) is 5.91 Å². The summed E-state index contributed by atoms with van der Waals surface area (Å²) in [6, 6.07) is 4.77. The van der Waals surface area contributed by atoms with Crippen LogP contribution in [0.15, 0.2) is 22.8 Å². The maximum absolute atomic E-state index is 12.4. The van der Waals surface area contributed by atoms with Gasteiger partial charge in [0.1, 0.15) is 5.76 Å². The molecule has 3 fully saturated rings. The first-order valence-electron chi connectivity index (χ1n) is 7.98. The normalized spacial score (nSPS) is 32.9. The summed E-state index contributed by atoms with van der Waals surface area (Å²) in [5, 5.41) is 3.14. The molecule has 5 nitrogen and oxygen atoms in total. The molecule has 1 amide bonds. The summed E-state index contributed by atoms with van der Waals surface area (Å²) < 4.78 is 11.3. The van der Waals surface area contributed by atoms with Crippen molar-refractivity contribution < 1.29 is 13.9 Å². The van der Waals surface area contributed by atoms with Crippen LogP contribution in [-0.2, 0) is 16.1 Å². The Labute approximate surface area is 124 Å². The van der Waals surface area contributed by atoms with Crippen molar-refractivity contribution in [3.8, 4) is 0 Å². The molecule has 5 heteroatoms. The molecule has 0 radical (unpaired) electrons. The summed E-state index contributed by atoms with van der Waals surface area (Å²) in [6.45, 7) is 2.38. The first-order chi connectivity index (χ1) is 10.3. The van der Waals surface area contributed by atoms with Crippen molar-refractivity contribution >= 4 is 5.91 Å². The average Bonchev–Trinajstić information content (AvgIpc) is 2.97. The number of furan rings is 1. The molecule has 1 aliphatic carbocycles. The Kier molecular flexibility index (Phi) is 3.47. The van der Waals surface area contributed by atoms with Crippen LogP contribution in [0.1, 0.15) is 31.4 Å². The van der Waals surface area contributed by atoms with Crippen LogP contribution >= 0.6 is 0 Å². The molecule has 3 heterocycles. The second-order valence-electron chi connectivity index (χ2n) is 6.49. The molecule has 2 aliphatic heterocycles. The topological polar surface area (TPSA) is 54.7 Å². The molecule has 2 saturated heterocycles. The van der Waals surface area contributed by atoms with Gasteiger partial charge < -0.3 is 14.5 Å². The smallest absolute Gasteiger partial charge is 0.224 e. The minimum atomic E-state index is 0.0416. The third-order valence-electron chi connectivity index (χ3n) is 4.85. The van der Waals surface area contributed by atoms with E-state index in [0.717, 1.165) is 51.1 Å². The Balaban J connectivity index is 1.46. The number of nitrogens with zero attached hydrogens (tertiary/aromatic N) is 1. The molecule has 4 rings (SSSR count). The van der Waals surface area contributed by atoms with Gasteiger partial charge in [-0.1, -0.05) is 0 Å². The highest BCUT2D eigenvalue weighted by Gasteiger charge is 2.43. The van der Waals surface area contributed by atoms with E-state index in [2.05, 4.69) is 10.2 Å². The first-order valence-corrected chi connectivity index (χ1v) is 7.98. The Hall–Kier alpha value is -1.33. The van der Waals surface area contributed by atoms with Gasteiger partial charge in [-0.2, -0.15) is 0 Å². The lowest BCUT2D eigenvalue weighted by Gasteiger charge is -2.39. The zero-order valence-corrected chi connectivity index (χ0v) is 12.2. The van der Waals surface area contributed by atoms with E-state index >= 15 is 0 Å². The van der Waals surface area contributed by atoms with E-state index in [1.807, 2.05) is 12.1 Å². The second-order valence-corrected chi connectivity index (χ2v) is 6.49. The minimum absolute atomic E-state index is 0.0416. The number of amides is 1. The van der Waals surface area contributed by atoms with E-state index in [-0.39, 0.29) is 17.9 Å². The lowest BCUT2D eigenvalue weighted by Crippen LogP contribution is -2.52. The van der Waals surface area contributed by atoms with Crippen molar-refractivity contribution in [2.45, 2.75) is 50.4 Å². The van der Waals surface area contributed by atoms with E-state index in [1.54, 1.807) is 6.26 Å². The Bertz CT molecular complexity index is 498. The number of carbonyl (C=O) groups is 1. The highest BCUT2D eigenvalue weighted by Crippen LogP contribution is 2.33. The van der Waals surface area contributed by atoms with Crippen LogP contribution < -0.4 is 5.32 Å². The zero-order chi connectivity index (χ0) is 14.2. The molecule has 114 valence electrons. The van der Waals surface area contributed by atoms with Gasteiger partial charge >= 0.3 is 0 Å². The molecule has 0 unspecified atom stereocenters. The van der Waals surface area contributed by atoms with Gasteiger partial charge in [0.15, 0.2) is 0 Å². The minimum Gasteiger partial charge on any atom is -0.468 e. The third kappa shape index (κ3) is 2.85. The molecule has 1 saturated carbocycles. The highest BCUT2D eigenvalue weighted by molar-refractivity contribution is 5.79. The number of hydrogen-bond acceptors (Lipinski definition) is 4. The molecule has 1 N–H and O–H groups in total. The maximum Gasteiger partial charge on any atom is 0.224 e. The van der Waals surface area contributed by atoms with Crippen molar-refractivity contribution in [1.29, 1.82) is 0 Å². The van der Waals surface area contributed by atoms with Gasteiger partial charge in [0, 0.05) is 25.2 Å². The fourth-order valence-electron chi connectivity index (χ4n) is 3.57. The fourth-order valence-corrected chi connectivity index (χ4v) is 3.57. The van der Waals surface area contributed by atoms with E-state index < -0.39 is 0 Å². The molecule has 3 atom stereocenters. The number of rotatable bonds is 4. The molecule has 21 heavy (non-hydrogen) atoms. The number of carbonyl (C=O) groups excluding carboxylic acids is 1. The average molecular weight is 290 g/mol. The number of ether oxygens (including phenoxy) is 1. The number of likely N-dealkylation sites (tertiary alicyclic amines) is 1. The number of piperidine rings is 1. The first kappa shape index (κ1) is 13.3. The van der Waals surface area contributed by atoms with Crippen molar-refractivity contribution in [3.63, 3.8) is 0 Å². The Morgan fingerprint density at radius 2 is 2.29 bits per heavy atom. The van der Waals surface area contributed by atoms with Crippen LogP contribution in [0.3, 0.4) is 0 Å². The largest absolute Gasteiger partial charge is 0.468 e. The summed E-state index contributed by atoms with van der Waals surface area (Å²) in [4.78, 5) is 14.7. The summed E-state index contributed by atoms with van der Waals surface area (Å²) >= 11 is 0. The van der Waals surface area contributed by atoms with Crippen LogP contribution in [0.25, 0.3) is 0 Å². The van der Waals surface area contributed by atoms with Crippen molar-refractivity contribution in [3.05, 3.63) is 24.2 Å². The van der Waals surface area contributed by atoms with Crippen molar-refractivity contribution in [1.82, 2.24) is 10.2 Å². The zero-order valence-electron chi connectivity index (χ0n) is 12.2. The number of hydrogen-bond donors (Lipinski definition) is 1. The maximum atomic E-state index is 12.4. The number of nitrogens with one attached hydrogen (secondary N) is 1. The lowest BCUT2D eigenvalue weighted by molar-refractivity contribution is -0.130. The molecule has 1 aromatic rings. The quantitative estimate of drug-likeness (QED) is 0.914. The van der Waals surface area contributed by atoms with Crippen molar-refractivity contribution in [2.75, 3.05) is 13.2 Å².